The number of hydrogen-bond acceptors (Lipinski definition) is 5. The van der Waals surface area contributed by atoms with Crippen LogP contribution in [0.4, 0.5) is 5.69 Å². The zero-order valence-corrected chi connectivity index (χ0v) is 14.1. The van der Waals surface area contributed by atoms with Gasteiger partial charge in [0.25, 0.3) is 11.6 Å². The lowest BCUT2D eigenvalue weighted by molar-refractivity contribution is -0.384. The van der Waals surface area contributed by atoms with Crippen LogP contribution in [-0.2, 0) is 9.53 Å². The number of benzene rings is 1. The van der Waals surface area contributed by atoms with Crippen LogP contribution >= 0.6 is 11.6 Å². The van der Waals surface area contributed by atoms with Crippen LogP contribution in [0, 0.1) is 16.0 Å². The van der Waals surface area contributed by atoms with Crippen molar-refractivity contribution < 1.29 is 19.2 Å². The van der Waals surface area contributed by atoms with Crippen LogP contribution in [0.25, 0.3) is 0 Å². The van der Waals surface area contributed by atoms with Crippen LogP contribution < -0.4 is 0 Å². The Hall–Kier alpha value is -2.15. The minimum Gasteiger partial charge on any atom is -0.466 e. The average molecular weight is 355 g/mol. The largest absolute Gasteiger partial charge is 0.466 e. The normalized spacial score (nSPS) is 13.4. The highest BCUT2D eigenvalue weighted by Crippen LogP contribution is 2.31. The standard InChI is InChI=1S/C16H19ClN2O5/c1-2-24-15(20)7-8-18(10-11-3-4-11)16(21)13-9-12(19(22)23)5-6-14(13)17/h5-6,9,11H,2-4,7-8,10H2,1H3. The molecule has 1 aliphatic carbocycles. The van der Waals surface area contributed by atoms with E-state index in [1.54, 1.807) is 6.92 Å². The summed E-state index contributed by atoms with van der Waals surface area (Å²) in [7, 11) is 0. The summed E-state index contributed by atoms with van der Waals surface area (Å²) >= 11 is 6.04. The first-order valence-electron chi connectivity index (χ1n) is 7.81. The second-order valence-corrected chi connectivity index (χ2v) is 6.08. The molecule has 0 N–H and O–H groups in total. The lowest BCUT2D eigenvalue weighted by Crippen LogP contribution is -2.35. The van der Waals surface area contributed by atoms with Crippen molar-refractivity contribution in [1.82, 2.24) is 4.90 Å². The van der Waals surface area contributed by atoms with E-state index in [2.05, 4.69) is 0 Å². The molecule has 7 nitrogen and oxygen atoms in total. The lowest BCUT2D eigenvalue weighted by atomic mass is 10.1. The van der Waals surface area contributed by atoms with E-state index in [-0.39, 0.29) is 41.8 Å². The van der Waals surface area contributed by atoms with Crippen molar-refractivity contribution in [2.24, 2.45) is 5.92 Å². The fourth-order valence-corrected chi connectivity index (χ4v) is 2.51. The molecule has 2 rings (SSSR count). The topological polar surface area (TPSA) is 89.8 Å². The van der Waals surface area contributed by atoms with Gasteiger partial charge in [-0.05, 0) is 31.7 Å². The fourth-order valence-electron chi connectivity index (χ4n) is 2.31. The molecule has 0 bridgehead atoms. The zero-order chi connectivity index (χ0) is 17.7. The molecule has 1 aromatic carbocycles. The molecule has 0 heterocycles. The molecule has 8 heteroatoms. The summed E-state index contributed by atoms with van der Waals surface area (Å²) in [5, 5.41) is 11.1. The Morgan fingerprint density at radius 2 is 2.12 bits per heavy atom. The number of nitrogens with zero attached hydrogens (tertiary/aromatic N) is 2. The third-order valence-corrected chi connectivity index (χ3v) is 4.07. The average Bonchev–Trinajstić information content (AvgIpc) is 3.35. The van der Waals surface area contributed by atoms with Gasteiger partial charge in [0.15, 0.2) is 0 Å². The number of esters is 1. The predicted octanol–water partition coefficient (Wildman–Crippen LogP) is 3.05. The smallest absolute Gasteiger partial charge is 0.307 e. The van der Waals surface area contributed by atoms with Gasteiger partial charge in [0.2, 0.25) is 0 Å². The van der Waals surface area contributed by atoms with Gasteiger partial charge in [-0.2, -0.15) is 0 Å². The zero-order valence-electron chi connectivity index (χ0n) is 13.4. The number of ether oxygens (including phenoxy) is 1. The summed E-state index contributed by atoms with van der Waals surface area (Å²) in [6, 6.07) is 3.77. The number of carbonyl (C=O) groups excluding carboxylic acids is 2. The summed E-state index contributed by atoms with van der Waals surface area (Å²) < 4.78 is 4.88. The second kappa shape index (κ2) is 8.10. The number of amides is 1. The number of nitro groups is 1. The van der Waals surface area contributed by atoms with Gasteiger partial charge in [-0.15, -0.1) is 0 Å². The van der Waals surface area contributed by atoms with Gasteiger partial charge < -0.3 is 9.64 Å². The minimum atomic E-state index is -0.572. The fraction of sp³-hybridized carbons (Fsp3) is 0.500. The predicted molar refractivity (Wildman–Crippen MR) is 88.0 cm³/mol. The quantitative estimate of drug-likeness (QED) is 0.406. The molecule has 1 saturated carbocycles. The van der Waals surface area contributed by atoms with Crippen LogP contribution in [0.15, 0.2) is 18.2 Å². The summed E-state index contributed by atoms with van der Waals surface area (Å²) in [5.41, 5.74) is -0.116. The Labute approximate surface area is 144 Å². The van der Waals surface area contributed by atoms with Gasteiger partial charge in [0, 0.05) is 25.2 Å². The van der Waals surface area contributed by atoms with E-state index >= 15 is 0 Å². The number of carbonyl (C=O) groups is 2. The monoisotopic (exact) mass is 354 g/mol. The molecule has 1 aromatic rings. The number of rotatable bonds is 8. The highest BCUT2D eigenvalue weighted by atomic mass is 35.5. The SMILES string of the molecule is CCOC(=O)CCN(CC1CC1)C(=O)c1cc([N+](=O)[O-])ccc1Cl. The van der Waals surface area contributed by atoms with E-state index in [4.69, 9.17) is 16.3 Å². The maximum Gasteiger partial charge on any atom is 0.307 e. The molecule has 0 spiro atoms. The molecule has 1 aliphatic rings. The van der Waals surface area contributed by atoms with Crippen molar-refractivity contribution >= 4 is 29.2 Å². The number of hydrogen-bond donors (Lipinski definition) is 0. The first-order valence-corrected chi connectivity index (χ1v) is 8.19. The molecule has 130 valence electrons. The first-order chi connectivity index (χ1) is 11.4. The molecule has 0 radical (unpaired) electrons. The van der Waals surface area contributed by atoms with E-state index in [1.807, 2.05) is 0 Å². The van der Waals surface area contributed by atoms with Gasteiger partial charge in [-0.1, -0.05) is 11.6 Å². The van der Waals surface area contributed by atoms with Crippen molar-refractivity contribution in [1.29, 1.82) is 0 Å². The van der Waals surface area contributed by atoms with E-state index in [0.29, 0.717) is 12.5 Å². The molecule has 0 aromatic heterocycles. The van der Waals surface area contributed by atoms with Gasteiger partial charge in [0.1, 0.15) is 0 Å². The van der Waals surface area contributed by atoms with Gasteiger partial charge >= 0.3 is 5.97 Å². The van der Waals surface area contributed by atoms with E-state index < -0.39 is 10.8 Å². The van der Waals surface area contributed by atoms with Crippen LogP contribution in [-0.4, -0.2) is 41.4 Å². The summed E-state index contributed by atoms with van der Waals surface area (Å²) in [6.45, 7) is 2.71. The van der Waals surface area contributed by atoms with Crippen LogP contribution in [0.2, 0.25) is 5.02 Å². The molecular weight excluding hydrogens is 336 g/mol. The Bertz CT molecular complexity index is 645. The van der Waals surface area contributed by atoms with Crippen molar-refractivity contribution in [2.75, 3.05) is 19.7 Å². The highest BCUT2D eigenvalue weighted by Gasteiger charge is 2.29. The summed E-state index contributed by atoms with van der Waals surface area (Å²) in [6.07, 6.45) is 2.15. The maximum atomic E-state index is 12.7. The molecule has 0 saturated heterocycles. The number of halogens is 1. The molecule has 0 unspecified atom stereocenters. The van der Waals surface area contributed by atoms with Gasteiger partial charge in [-0.3, -0.25) is 19.7 Å². The second-order valence-electron chi connectivity index (χ2n) is 5.67. The van der Waals surface area contributed by atoms with Crippen molar-refractivity contribution in [3.63, 3.8) is 0 Å². The molecule has 0 atom stereocenters. The van der Waals surface area contributed by atoms with E-state index in [9.17, 15) is 19.7 Å². The lowest BCUT2D eigenvalue weighted by Gasteiger charge is -2.22. The van der Waals surface area contributed by atoms with Crippen LogP contribution in [0.3, 0.4) is 0 Å². The van der Waals surface area contributed by atoms with Gasteiger partial charge in [0.05, 0.1) is 28.5 Å². The van der Waals surface area contributed by atoms with Crippen molar-refractivity contribution in [3.8, 4) is 0 Å². The first kappa shape index (κ1) is 18.2. The van der Waals surface area contributed by atoms with E-state index in [0.717, 1.165) is 12.8 Å². The van der Waals surface area contributed by atoms with Crippen molar-refractivity contribution in [3.05, 3.63) is 38.9 Å². The number of nitro benzene ring substituents is 1. The van der Waals surface area contributed by atoms with Crippen LogP contribution in [0.1, 0.15) is 36.5 Å². The van der Waals surface area contributed by atoms with Crippen molar-refractivity contribution in [2.45, 2.75) is 26.2 Å². The summed E-state index contributed by atoms with van der Waals surface area (Å²) in [5.74, 6) is -0.371. The third-order valence-electron chi connectivity index (χ3n) is 3.75. The molecule has 0 aliphatic heterocycles. The Morgan fingerprint density at radius 3 is 2.71 bits per heavy atom. The molecule has 1 amide bonds. The van der Waals surface area contributed by atoms with E-state index in [1.165, 1.54) is 23.1 Å². The molecule has 1 fully saturated rings. The molecule has 24 heavy (non-hydrogen) atoms. The highest BCUT2D eigenvalue weighted by molar-refractivity contribution is 6.33. The minimum absolute atomic E-state index is 0.0791. The third kappa shape index (κ3) is 4.92. The Kier molecular flexibility index (Phi) is 6.14. The Morgan fingerprint density at radius 1 is 1.42 bits per heavy atom. The summed E-state index contributed by atoms with van der Waals surface area (Å²) in [4.78, 5) is 36.1. The molecular formula is C16H19ClN2O5. The Balaban J connectivity index is 2.15. The number of non-ortho nitro benzene ring substituents is 1. The van der Waals surface area contributed by atoms with Crippen LogP contribution in [0.5, 0.6) is 0 Å². The maximum absolute atomic E-state index is 12.7. The van der Waals surface area contributed by atoms with Gasteiger partial charge in [-0.25, -0.2) is 0 Å².